The van der Waals surface area contributed by atoms with Crippen molar-refractivity contribution in [2.24, 2.45) is 17.6 Å². The molecule has 2 fully saturated rings. The molecule has 1 heterocycles. The summed E-state index contributed by atoms with van der Waals surface area (Å²) in [6, 6.07) is 6.56. The van der Waals surface area contributed by atoms with Gasteiger partial charge in [0.2, 0.25) is 5.78 Å². The van der Waals surface area contributed by atoms with Crippen molar-refractivity contribution < 1.29 is 54.1 Å². The summed E-state index contributed by atoms with van der Waals surface area (Å²) in [5.41, 5.74) is 15.2. The van der Waals surface area contributed by atoms with Crippen LogP contribution in [0.15, 0.2) is 41.2 Å². The fourth-order valence-corrected chi connectivity index (χ4v) is 7.62. The van der Waals surface area contributed by atoms with E-state index in [1.807, 2.05) is 12.1 Å². The van der Waals surface area contributed by atoms with Crippen LogP contribution in [0, 0.1) is 11.8 Å². The predicted octanol–water partition coefficient (Wildman–Crippen LogP) is 3.00. The summed E-state index contributed by atoms with van der Waals surface area (Å²) < 4.78 is 17.3. The number of hydrogen-bond acceptors (Lipinski definition) is 14. The average Bonchev–Trinajstić information content (AvgIpc) is 3.12. The second-order valence-electron chi connectivity index (χ2n) is 13.8. The van der Waals surface area contributed by atoms with Gasteiger partial charge in [-0.1, -0.05) is 33.6 Å². The summed E-state index contributed by atoms with van der Waals surface area (Å²) in [4.78, 5) is 39.6. The number of benzene rings is 2. The average molecular weight is 739 g/mol. The third-order valence-corrected chi connectivity index (χ3v) is 10.5. The van der Waals surface area contributed by atoms with E-state index in [4.69, 9.17) is 31.4 Å². The molecule has 15 nitrogen and oxygen atoms in total. The summed E-state index contributed by atoms with van der Waals surface area (Å²) in [5, 5.41) is 53.8. The van der Waals surface area contributed by atoms with Gasteiger partial charge in [0.1, 0.15) is 34.3 Å². The second kappa shape index (κ2) is 15.9. The van der Waals surface area contributed by atoms with E-state index < -0.39 is 76.0 Å². The lowest BCUT2D eigenvalue weighted by Gasteiger charge is -2.50. The number of unbranched alkanes of at least 4 members (excludes halogenated alkanes) is 2. The van der Waals surface area contributed by atoms with Crippen molar-refractivity contribution in [1.29, 1.82) is 0 Å². The molecule has 2 aromatic carbocycles. The number of phenols is 1. The molecule has 0 aromatic heterocycles. The van der Waals surface area contributed by atoms with Crippen LogP contribution in [0.1, 0.15) is 69.9 Å². The molecule has 1 saturated heterocycles. The van der Waals surface area contributed by atoms with Gasteiger partial charge in [0.15, 0.2) is 11.4 Å². The molecule has 0 radical (unpaired) electrons. The Balaban J connectivity index is 0.000000212. The Kier molecular flexibility index (Phi) is 11.8. The van der Waals surface area contributed by atoms with Crippen molar-refractivity contribution in [2.75, 3.05) is 55.9 Å². The predicted molar refractivity (Wildman–Crippen MR) is 197 cm³/mol. The van der Waals surface area contributed by atoms with Gasteiger partial charge in [-0.3, -0.25) is 14.4 Å². The molecule has 5 atom stereocenters. The van der Waals surface area contributed by atoms with Crippen molar-refractivity contribution in [3.05, 3.63) is 52.3 Å². The summed E-state index contributed by atoms with van der Waals surface area (Å²) in [6.07, 6.45) is 2.09. The molecule has 0 spiro atoms. The highest BCUT2D eigenvalue weighted by molar-refractivity contribution is 6.23. The Labute approximate surface area is 307 Å². The first-order valence-electron chi connectivity index (χ1n) is 18.0. The van der Waals surface area contributed by atoms with E-state index in [0.29, 0.717) is 24.5 Å². The number of nitrogen functional groups attached to an aromatic ring is 2. The Hall–Kier alpha value is -4.99. The molecule has 1 saturated carbocycles. The van der Waals surface area contributed by atoms with Gasteiger partial charge in [0.05, 0.1) is 49.5 Å². The first-order valence-corrected chi connectivity index (χ1v) is 18.0. The van der Waals surface area contributed by atoms with Crippen molar-refractivity contribution in [1.82, 2.24) is 0 Å². The van der Waals surface area contributed by atoms with Gasteiger partial charge in [-0.15, -0.1) is 0 Å². The number of aliphatic hydroxyl groups is 4. The van der Waals surface area contributed by atoms with Gasteiger partial charge in [-0.05, 0) is 36.5 Å². The molecule has 4 aliphatic rings. The lowest BCUT2D eigenvalue weighted by atomic mass is 9.55. The molecule has 0 bridgehead atoms. The molecule has 3 aliphatic carbocycles. The number of primary amides is 1. The van der Waals surface area contributed by atoms with Crippen molar-refractivity contribution >= 4 is 40.3 Å². The Morgan fingerprint density at radius 1 is 0.981 bits per heavy atom. The molecule has 1 aliphatic heterocycles. The number of Topliss-reactive ketones (excluding diaryl/α,β-unsaturated/α-hetero) is 2. The van der Waals surface area contributed by atoms with Crippen LogP contribution >= 0.6 is 0 Å². The number of ether oxygens (including phenoxy) is 3. The smallest absolute Gasteiger partial charge is 0.255 e. The second-order valence-corrected chi connectivity index (χ2v) is 13.8. The highest BCUT2D eigenvalue weighted by atomic mass is 16.5. The van der Waals surface area contributed by atoms with E-state index in [9.17, 15) is 39.9 Å². The Morgan fingerprint density at radius 3 is 2.21 bits per heavy atom. The largest absolute Gasteiger partial charge is 0.508 e. The van der Waals surface area contributed by atoms with E-state index in [1.165, 1.54) is 12.1 Å². The minimum absolute atomic E-state index is 0.123. The van der Waals surface area contributed by atoms with Crippen LogP contribution in [-0.4, -0.2) is 94.2 Å². The van der Waals surface area contributed by atoms with Gasteiger partial charge in [0, 0.05) is 54.7 Å². The highest BCUT2D eigenvalue weighted by Gasteiger charge is 2.65. The topological polar surface area (TPSA) is 261 Å². The molecule has 15 heteroatoms. The molecular weight excluding hydrogens is 688 g/mol. The van der Waals surface area contributed by atoms with Crippen LogP contribution in [0.2, 0.25) is 0 Å². The van der Waals surface area contributed by atoms with Crippen LogP contribution in [0.25, 0.3) is 5.76 Å². The molecule has 1 unspecified atom stereocenters. The summed E-state index contributed by atoms with van der Waals surface area (Å²) in [7, 11) is 0. The fourth-order valence-electron chi connectivity index (χ4n) is 7.62. The summed E-state index contributed by atoms with van der Waals surface area (Å²) in [6.45, 7) is 10.5. The van der Waals surface area contributed by atoms with Crippen molar-refractivity contribution in [2.45, 2.75) is 70.5 Å². The summed E-state index contributed by atoms with van der Waals surface area (Å²) in [5.74, 6) is -7.44. The maximum Gasteiger partial charge on any atom is 0.255 e. The maximum atomic E-state index is 13.4. The van der Waals surface area contributed by atoms with Crippen LogP contribution in [-0.2, 0) is 19.1 Å². The van der Waals surface area contributed by atoms with Crippen molar-refractivity contribution in [3.63, 3.8) is 0 Å². The van der Waals surface area contributed by atoms with E-state index in [1.54, 1.807) is 6.92 Å². The maximum absolute atomic E-state index is 13.4. The number of rotatable bonds is 10. The first kappa shape index (κ1) is 39.2. The van der Waals surface area contributed by atoms with E-state index in [2.05, 4.69) is 18.7 Å². The molecule has 288 valence electrons. The zero-order valence-corrected chi connectivity index (χ0v) is 30.3. The van der Waals surface area contributed by atoms with Crippen LogP contribution in [0.3, 0.4) is 0 Å². The lowest BCUT2D eigenvalue weighted by molar-refractivity contribution is -0.160. The summed E-state index contributed by atoms with van der Waals surface area (Å²) >= 11 is 0. The number of ketones is 2. The number of nitrogens with zero attached hydrogens (tertiary/aromatic N) is 1. The monoisotopic (exact) mass is 738 g/mol. The number of phenolic OH excluding ortho intramolecular Hbond substituents is 1. The fraction of sp³-hybridized carbons (Fsp3) is 0.500. The van der Waals surface area contributed by atoms with Gasteiger partial charge in [0.25, 0.3) is 5.91 Å². The highest BCUT2D eigenvalue weighted by Crippen LogP contribution is 2.56. The van der Waals surface area contributed by atoms with Crippen LogP contribution in [0.4, 0.5) is 17.1 Å². The SMILES string of the molecule is CC1c2c(N)ccc(O)c2C(O)=C2C(=O)[C@]3(O)C(O)=C(C(N)=O)C(=O)C[C@@H]3[C@@H](O)[C@@H]21.CCCCOc1cc(N2CCOCC2)c(OCCCC)cc1N. The minimum atomic E-state index is -2.84. The van der Waals surface area contributed by atoms with Gasteiger partial charge in [-0.25, -0.2) is 0 Å². The minimum Gasteiger partial charge on any atom is -0.508 e. The number of fused-ring (bicyclic) bond motifs is 3. The lowest BCUT2D eigenvalue weighted by Crippen LogP contribution is -2.63. The number of carbonyl (C=O) groups is 3. The molecule has 6 rings (SSSR count). The molecule has 1 amide bonds. The van der Waals surface area contributed by atoms with E-state index in [0.717, 1.165) is 69.2 Å². The quantitative estimate of drug-likeness (QED) is 0.0755. The van der Waals surface area contributed by atoms with Gasteiger partial charge < -0.3 is 61.8 Å². The number of amides is 1. The number of morpholine rings is 1. The number of hydrogen-bond donors (Lipinski definition) is 8. The first-order chi connectivity index (χ1) is 25.2. The van der Waals surface area contributed by atoms with E-state index >= 15 is 0 Å². The van der Waals surface area contributed by atoms with Gasteiger partial charge >= 0.3 is 0 Å². The van der Waals surface area contributed by atoms with E-state index in [-0.39, 0.29) is 17.0 Å². The number of aromatic hydroxyl groups is 1. The van der Waals surface area contributed by atoms with Crippen LogP contribution < -0.4 is 31.6 Å². The third kappa shape index (κ3) is 7.08. The molecule has 2 aromatic rings. The normalized spacial score (nSPS) is 25.2. The zero-order valence-electron chi connectivity index (χ0n) is 30.3. The number of nitrogens with two attached hydrogens (primary N) is 3. The molecule has 11 N–H and O–H groups in total. The van der Waals surface area contributed by atoms with Gasteiger partial charge in [-0.2, -0.15) is 0 Å². The third-order valence-electron chi connectivity index (χ3n) is 10.5. The standard InChI is InChI=1S/C20H20N2O8.C18H30N2O3/c1-5-10-7(21)2-3-8(23)12(10)16(26)14-11(5)15(25)6-4-9(24)13(19(22)29)17(27)20(6,30)18(14)28;1-3-5-9-22-17-14-16(20-7-11-21-12-8-20)18(13-15(17)19)23-10-6-4-2/h2-3,5-6,11,15,23,25-27,30H,4,21H2,1H3,(H2,22,29);13-14H,3-12,19H2,1-2H3/t5?,6-,11-,15-,20-;/m1./s1. The Morgan fingerprint density at radius 2 is 1.60 bits per heavy atom. The number of anilines is 3. The Bertz CT molecular complexity index is 1820. The zero-order chi connectivity index (χ0) is 38.8. The molecule has 53 heavy (non-hydrogen) atoms. The van der Waals surface area contributed by atoms with Crippen LogP contribution in [0.5, 0.6) is 17.2 Å². The van der Waals surface area contributed by atoms with Crippen molar-refractivity contribution in [3.8, 4) is 17.2 Å². The number of aliphatic hydroxyl groups excluding tert-OH is 3. The molecular formula is C38H50N4O11. The number of carbonyl (C=O) groups excluding carboxylic acids is 3.